The van der Waals surface area contributed by atoms with Crippen molar-refractivity contribution in [1.82, 2.24) is 5.32 Å². The van der Waals surface area contributed by atoms with Crippen LogP contribution in [0.1, 0.15) is 26.7 Å². The first-order valence-electron chi connectivity index (χ1n) is 5.22. The fraction of sp³-hybridized carbons (Fsp3) is 0.800. The van der Waals surface area contributed by atoms with Crippen molar-refractivity contribution in [2.45, 2.75) is 26.7 Å². The molecule has 0 radical (unpaired) electrons. The van der Waals surface area contributed by atoms with Gasteiger partial charge in [0.15, 0.2) is 0 Å². The van der Waals surface area contributed by atoms with Crippen molar-refractivity contribution in [3.63, 3.8) is 0 Å². The third-order valence-electron chi connectivity index (χ3n) is 1.62. The molecule has 0 fully saturated rings. The molecule has 0 amide bonds. The largest absolute Gasteiger partial charge is 0.466 e. The Morgan fingerprint density at radius 2 is 1.33 bits per heavy atom. The molecule has 0 unspecified atom stereocenters. The third-order valence-corrected chi connectivity index (χ3v) is 1.62. The summed E-state index contributed by atoms with van der Waals surface area (Å²) in [6.07, 6.45) is 0.660. The summed E-state index contributed by atoms with van der Waals surface area (Å²) in [5.41, 5.74) is 0. The molecular formula is C10H19NO4. The van der Waals surface area contributed by atoms with Crippen molar-refractivity contribution in [2.24, 2.45) is 0 Å². The SMILES string of the molecule is CCOC(=O)CCNCCC(=O)OCC. The zero-order chi connectivity index (χ0) is 11.5. The van der Waals surface area contributed by atoms with Crippen molar-refractivity contribution >= 4 is 11.9 Å². The molecule has 0 aliphatic heterocycles. The molecule has 0 bridgehead atoms. The Morgan fingerprint density at radius 1 is 0.933 bits per heavy atom. The predicted octanol–water partition coefficient (Wildman–Crippen LogP) is 0.482. The maximum absolute atomic E-state index is 10.9. The Labute approximate surface area is 90.1 Å². The topological polar surface area (TPSA) is 64.6 Å². The van der Waals surface area contributed by atoms with Gasteiger partial charge in [-0.2, -0.15) is 0 Å². The molecule has 1 N–H and O–H groups in total. The van der Waals surface area contributed by atoms with Crippen molar-refractivity contribution in [3.05, 3.63) is 0 Å². The maximum Gasteiger partial charge on any atom is 0.307 e. The van der Waals surface area contributed by atoms with E-state index in [4.69, 9.17) is 9.47 Å². The van der Waals surface area contributed by atoms with Gasteiger partial charge < -0.3 is 14.8 Å². The van der Waals surface area contributed by atoms with Gasteiger partial charge in [-0.3, -0.25) is 9.59 Å². The summed E-state index contributed by atoms with van der Waals surface area (Å²) >= 11 is 0. The van der Waals surface area contributed by atoms with Gasteiger partial charge in [0, 0.05) is 13.1 Å². The van der Waals surface area contributed by atoms with Gasteiger partial charge in [0.25, 0.3) is 0 Å². The van der Waals surface area contributed by atoms with Crippen LogP contribution >= 0.6 is 0 Å². The quantitative estimate of drug-likeness (QED) is 0.473. The molecule has 15 heavy (non-hydrogen) atoms. The monoisotopic (exact) mass is 217 g/mol. The molecule has 0 aromatic rings. The molecular weight excluding hydrogens is 198 g/mol. The van der Waals surface area contributed by atoms with Gasteiger partial charge in [0.05, 0.1) is 26.1 Å². The number of ether oxygens (including phenoxy) is 2. The molecule has 0 heterocycles. The van der Waals surface area contributed by atoms with Crippen molar-refractivity contribution in [1.29, 1.82) is 0 Å². The molecule has 0 aromatic carbocycles. The minimum Gasteiger partial charge on any atom is -0.466 e. The summed E-state index contributed by atoms with van der Waals surface area (Å²) in [7, 11) is 0. The zero-order valence-electron chi connectivity index (χ0n) is 9.38. The summed E-state index contributed by atoms with van der Waals surface area (Å²) in [4.78, 5) is 21.8. The lowest BCUT2D eigenvalue weighted by molar-refractivity contribution is -0.143. The van der Waals surface area contributed by atoms with Gasteiger partial charge in [-0.05, 0) is 13.8 Å². The standard InChI is InChI=1S/C10H19NO4/c1-3-14-9(12)5-7-11-8-6-10(13)15-4-2/h11H,3-8H2,1-2H3. The van der Waals surface area contributed by atoms with Crippen LogP contribution in [-0.2, 0) is 19.1 Å². The second-order valence-corrected chi connectivity index (χ2v) is 2.86. The number of hydrogen-bond acceptors (Lipinski definition) is 5. The van der Waals surface area contributed by atoms with Gasteiger partial charge >= 0.3 is 11.9 Å². The van der Waals surface area contributed by atoms with Crippen LogP contribution in [0.25, 0.3) is 0 Å². The second kappa shape index (κ2) is 9.45. The normalized spacial score (nSPS) is 9.73. The van der Waals surface area contributed by atoms with Crippen molar-refractivity contribution < 1.29 is 19.1 Å². The van der Waals surface area contributed by atoms with Crippen molar-refractivity contribution in [3.8, 4) is 0 Å². The fourth-order valence-electron chi connectivity index (χ4n) is 0.972. The highest BCUT2D eigenvalue weighted by molar-refractivity contribution is 5.70. The van der Waals surface area contributed by atoms with E-state index >= 15 is 0 Å². The number of rotatable bonds is 8. The van der Waals surface area contributed by atoms with Crippen LogP contribution in [0.15, 0.2) is 0 Å². The first kappa shape index (κ1) is 13.9. The van der Waals surface area contributed by atoms with E-state index in [-0.39, 0.29) is 11.9 Å². The molecule has 0 saturated carbocycles. The van der Waals surface area contributed by atoms with E-state index in [1.165, 1.54) is 0 Å². The zero-order valence-corrected chi connectivity index (χ0v) is 9.38. The van der Waals surface area contributed by atoms with Gasteiger partial charge in [-0.1, -0.05) is 0 Å². The molecule has 0 aliphatic carbocycles. The van der Waals surface area contributed by atoms with E-state index < -0.39 is 0 Å². The molecule has 0 spiro atoms. The highest BCUT2D eigenvalue weighted by atomic mass is 16.5. The van der Waals surface area contributed by atoms with E-state index in [0.29, 0.717) is 39.1 Å². The lowest BCUT2D eigenvalue weighted by atomic mass is 10.4. The Kier molecular flexibility index (Phi) is 8.76. The van der Waals surface area contributed by atoms with Crippen molar-refractivity contribution in [2.75, 3.05) is 26.3 Å². The third kappa shape index (κ3) is 9.21. The summed E-state index contributed by atoms with van der Waals surface area (Å²) in [6.45, 7) is 5.40. The van der Waals surface area contributed by atoms with Crippen LogP contribution in [0.4, 0.5) is 0 Å². The van der Waals surface area contributed by atoms with Crippen LogP contribution in [0.2, 0.25) is 0 Å². The number of carbonyl (C=O) groups is 2. The Hall–Kier alpha value is -1.10. The average Bonchev–Trinajstić information content (AvgIpc) is 2.18. The number of carbonyl (C=O) groups excluding carboxylic acids is 2. The molecule has 0 rings (SSSR count). The molecule has 5 nitrogen and oxygen atoms in total. The number of esters is 2. The highest BCUT2D eigenvalue weighted by Gasteiger charge is 2.02. The maximum atomic E-state index is 10.9. The lowest BCUT2D eigenvalue weighted by Crippen LogP contribution is -2.22. The molecule has 88 valence electrons. The number of hydrogen-bond donors (Lipinski definition) is 1. The minimum absolute atomic E-state index is 0.221. The van der Waals surface area contributed by atoms with Gasteiger partial charge in [0.1, 0.15) is 0 Å². The minimum atomic E-state index is -0.221. The molecule has 0 saturated heterocycles. The van der Waals surface area contributed by atoms with Gasteiger partial charge in [0.2, 0.25) is 0 Å². The smallest absolute Gasteiger partial charge is 0.307 e. The summed E-state index contributed by atoms with van der Waals surface area (Å²) in [5, 5.41) is 2.96. The summed E-state index contributed by atoms with van der Waals surface area (Å²) in [6, 6.07) is 0. The van der Waals surface area contributed by atoms with Crippen LogP contribution in [0, 0.1) is 0 Å². The van der Waals surface area contributed by atoms with E-state index in [1.807, 2.05) is 0 Å². The molecule has 5 heteroatoms. The van der Waals surface area contributed by atoms with E-state index in [1.54, 1.807) is 13.8 Å². The molecule has 0 aromatic heterocycles. The highest BCUT2D eigenvalue weighted by Crippen LogP contribution is 1.86. The first-order valence-corrected chi connectivity index (χ1v) is 5.22. The molecule has 0 atom stereocenters. The summed E-state index contributed by atoms with van der Waals surface area (Å²) in [5.74, 6) is -0.442. The number of nitrogens with one attached hydrogen (secondary N) is 1. The molecule has 0 aliphatic rings. The predicted molar refractivity (Wildman–Crippen MR) is 55.4 cm³/mol. The van der Waals surface area contributed by atoms with E-state index in [2.05, 4.69) is 5.32 Å². The summed E-state index contributed by atoms with van der Waals surface area (Å²) < 4.78 is 9.48. The van der Waals surface area contributed by atoms with Gasteiger partial charge in [-0.15, -0.1) is 0 Å². The van der Waals surface area contributed by atoms with Crippen LogP contribution < -0.4 is 5.32 Å². The van der Waals surface area contributed by atoms with Gasteiger partial charge in [-0.25, -0.2) is 0 Å². The lowest BCUT2D eigenvalue weighted by Gasteiger charge is -2.04. The first-order chi connectivity index (χ1) is 7.20. The fourth-order valence-corrected chi connectivity index (χ4v) is 0.972. The van der Waals surface area contributed by atoms with Crippen LogP contribution in [-0.4, -0.2) is 38.2 Å². The second-order valence-electron chi connectivity index (χ2n) is 2.86. The van der Waals surface area contributed by atoms with E-state index in [0.717, 1.165) is 0 Å². The average molecular weight is 217 g/mol. The Balaban J connectivity index is 3.24. The van der Waals surface area contributed by atoms with Crippen LogP contribution in [0.3, 0.4) is 0 Å². The Morgan fingerprint density at radius 3 is 1.67 bits per heavy atom. The van der Waals surface area contributed by atoms with Crippen LogP contribution in [0.5, 0.6) is 0 Å². The van der Waals surface area contributed by atoms with E-state index in [9.17, 15) is 9.59 Å². The Bertz CT molecular complexity index is 174.